The standard InChI is InChI=1S/C22H23ClN6O3/c23-22-24-18-4-2-1-3-17(18)21(25-22)28-9-7-26(8-10-28)16-5-6-19(29(30)31)20(15-16)27-11-13-32-14-12-27/h1-6,15H,7-14H2. The Balaban J connectivity index is 1.37. The number of benzene rings is 2. The van der Waals surface area contributed by atoms with Crippen LogP contribution in [0.5, 0.6) is 0 Å². The van der Waals surface area contributed by atoms with Crippen LogP contribution < -0.4 is 14.7 Å². The van der Waals surface area contributed by atoms with Crippen molar-refractivity contribution in [1.82, 2.24) is 9.97 Å². The van der Waals surface area contributed by atoms with Crippen LogP contribution in [-0.4, -0.2) is 67.4 Å². The van der Waals surface area contributed by atoms with Crippen LogP contribution in [0.25, 0.3) is 10.9 Å². The van der Waals surface area contributed by atoms with Crippen LogP contribution >= 0.6 is 11.6 Å². The molecule has 0 radical (unpaired) electrons. The molecule has 2 saturated heterocycles. The Morgan fingerprint density at radius 1 is 0.906 bits per heavy atom. The molecule has 0 amide bonds. The van der Waals surface area contributed by atoms with Crippen molar-refractivity contribution >= 4 is 45.4 Å². The number of hydrogen-bond acceptors (Lipinski definition) is 8. The van der Waals surface area contributed by atoms with Crippen LogP contribution in [0.4, 0.5) is 22.9 Å². The molecule has 0 spiro atoms. The van der Waals surface area contributed by atoms with Crippen LogP contribution in [0.15, 0.2) is 42.5 Å². The Kier molecular flexibility index (Phi) is 5.67. The van der Waals surface area contributed by atoms with E-state index in [2.05, 4.69) is 19.8 Å². The lowest BCUT2D eigenvalue weighted by Gasteiger charge is -2.37. The zero-order chi connectivity index (χ0) is 22.1. The Hall–Kier alpha value is -3.17. The minimum absolute atomic E-state index is 0.136. The second-order valence-corrected chi connectivity index (χ2v) is 8.18. The lowest BCUT2D eigenvalue weighted by atomic mass is 10.1. The number of nitro groups is 1. The summed E-state index contributed by atoms with van der Waals surface area (Å²) >= 11 is 6.17. The zero-order valence-corrected chi connectivity index (χ0v) is 18.2. The number of piperazine rings is 1. The highest BCUT2D eigenvalue weighted by Gasteiger charge is 2.25. The van der Waals surface area contributed by atoms with Gasteiger partial charge < -0.3 is 19.4 Å². The Morgan fingerprint density at radius 3 is 2.38 bits per heavy atom. The van der Waals surface area contributed by atoms with E-state index < -0.39 is 0 Å². The van der Waals surface area contributed by atoms with Gasteiger partial charge in [0.15, 0.2) is 0 Å². The van der Waals surface area contributed by atoms with Crippen LogP contribution in [-0.2, 0) is 4.74 Å². The van der Waals surface area contributed by atoms with Crippen molar-refractivity contribution in [3.8, 4) is 0 Å². The van der Waals surface area contributed by atoms with E-state index in [1.807, 2.05) is 41.3 Å². The minimum Gasteiger partial charge on any atom is -0.378 e. The fourth-order valence-electron chi connectivity index (χ4n) is 4.37. The molecular weight excluding hydrogens is 432 g/mol. The van der Waals surface area contributed by atoms with Crippen molar-refractivity contribution in [2.75, 3.05) is 67.2 Å². The van der Waals surface area contributed by atoms with Crippen molar-refractivity contribution in [3.63, 3.8) is 0 Å². The molecule has 0 saturated carbocycles. The van der Waals surface area contributed by atoms with E-state index in [4.69, 9.17) is 16.3 Å². The first-order valence-corrected chi connectivity index (χ1v) is 11.0. The number of fused-ring (bicyclic) bond motifs is 1. The molecular formula is C22H23ClN6O3. The maximum atomic E-state index is 11.6. The molecule has 3 heterocycles. The number of ether oxygens (including phenoxy) is 1. The van der Waals surface area contributed by atoms with Crippen molar-refractivity contribution in [1.29, 1.82) is 0 Å². The highest BCUT2D eigenvalue weighted by atomic mass is 35.5. The SMILES string of the molecule is O=[N+]([O-])c1ccc(N2CCN(c3nc(Cl)nc4ccccc34)CC2)cc1N1CCOCC1. The number of hydrogen-bond donors (Lipinski definition) is 0. The van der Waals surface area contributed by atoms with Crippen molar-refractivity contribution < 1.29 is 9.66 Å². The normalized spacial score (nSPS) is 17.1. The summed E-state index contributed by atoms with van der Waals surface area (Å²) in [4.78, 5) is 26.6. The molecule has 2 aliphatic heterocycles. The average Bonchev–Trinajstić information content (AvgIpc) is 2.83. The smallest absolute Gasteiger partial charge is 0.292 e. The molecule has 9 nitrogen and oxygen atoms in total. The molecule has 32 heavy (non-hydrogen) atoms. The number of nitrogens with zero attached hydrogens (tertiary/aromatic N) is 6. The molecule has 0 bridgehead atoms. The van der Waals surface area contributed by atoms with E-state index in [1.165, 1.54) is 0 Å². The highest BCUT2D eigenvalue weighted by molar-refractivity contribution is 6.28. The summed E-state index contributed by atoms with van der Waals surface area (Å²) in [5.41, 5.74) is 2.61. The predicted molar refractivity (Wildman–Crippen MR) is 125 cm³/mol. The van der Waals surface area contributed by atoms with Crippen LogP contribution in [0.3, 0.4) is 0 Å². The van der Waals surface area contributed by atoms with E-state index in [9.17, 15) is 10.1 Å². The van der Waals surface area contributed by atoms with Crippen molar-refractivity contribution in [2.45, 2.75) is 0 Å². The first-order chi connectivity index (χ1) is 15.6. The van der Waals surface area contributed by atoms with Gasteiger partial charge in [0.25, 0.3) is 5.69 Å². The summed E-state index contributed by atoms with van der Waals surface area (Å²) in [5.74, 6) is 0.845. The number of aromatic nitrogens is 2. The van der Waals surface area contributed by atoms with Gasteiger partial charge in [-0.3, -0.25) is 10.1 Å². The number of nitro benzene ring substituents is 1. The molecule has 0 aliphatic carbocycles. The topological polar surface area (TPSA) is 87.9 Å². The van der Waals surface area contributed by atoms with Crippen LogP contribution in [0.2, 0.25) is 5.28 Å². The maximum absolute atomic E-state index is 11.6. The van der Waals surface area contributed by atoms with Gasteiger partial charge in [-0.05, 0) is 35.9 Å². The fourth-order valence-corrected chi connectivity index (χ4v) is 4.54. The fraction of sp³-hybridized carbons (Fsp3) is 0.364. The molecule has 3 aromatic rings. The summed E-state index contributed by atoms with van der Waals surface area (Å²) in [6.07, 6.45) is 0. The van der Waals surface area contributed by atoms with Gasteiger partial charge in [0, 0.05) is 56.4 Å². The predicted octanol–water partition coefficient (Wildman–Crippen LogP) is 3.35. The van der Waals surface area contributed by atoms with Gasteiger partial charge in [-0.2, -0.15) is 4.98 Å². The number of rotatable bonds is 4. The summed E-state index contributed by atoms with van der Waals surface area (Å²) in [5, 5.41) is 12.8. The number of morpholine rings is 1. The molecule has 0 N–H and O–H groups in total. The zero-order valence-electron chi connectivity index (χ0n) is 17.5. The molecule has 1 aromatic heterocycles. The second kappa shape index (κ2) is 8.76. The largest absolute Gasteiger partial charge is 0.378 e. The van der Waals surface area contributed by atoms with Gasteiger partial charge in [-0.1, -0.05) is 12.1 Å². The first kappa shape index (κ1) is 20.7. The van der Waals surface area contributed by atoms with Crippen molar-refractivity contribution in [3.05, 3.63) is 57.9 Å². The Labute approximate surface area is 190 Å². The number of para-hydroxylation sites is 1. The molecule has 2 aromatic carbocycles. The molecule has 0 unspecified atom stereocenters. The minimum atomic E-state index is -0.309. The van der Waals surface area contributed by atoms with Gasteiger partial charge in [0.2, 0.25) is 5.28 Å². The third-order valence-electron chi connectivity index (χ3n) is 6.01. The Bertz CT molecular complexity index is 1150. The third-order valence-corrected chi connectivity index (χ3v) is 6.18. The monoisotopic (exact) mass is 454 g/mol. The van der Waals surface area contributed by atoms with E-state index >= 15 is 0 Å². The molecule has 5 rings (SSSR count). The summed E-state index contributed by atoms with van der Waals surface area (Å²) < 4.78 is 5.41. The van der Waals surface area contributed by atoms with Crippen LogP contribution in [0, 0.1) is 10.1 Å². The maximum Gasteiger partial charge on any atom is 0.292 e. The summed E-state index contributed by atoms with van der Waals surface area (Å²) in [6, 6.07) is 13.3. The van der Waals surface area contributed by atoms with E-state index in [0.29, 0.717) is 32.0 Å². The van der Waals surface area contributed by atoms with Gasteiger partial charge >= 0.3 is 0 Å². The molecule has 2 aliphatic rings. The van der Waals surface area contributed by atoms with Gasteiger partial charge in [0.1, 0.15) is 11.5 Å². The highest BCUT2D eigenvalue weighted by Crippen LogP contribution is 2.34. The third kappa shape index (κ3) is 4.01. The van der Waals surface area contributed by atoms with Gasteiger partial charge in [-0.25, -0.2) is 4.98 Å². The lowest BCUT2D eigenvalue weighted by Crippen LogP contribution is -2.47. The van der Waals surface area contributed by atoms with Gasteiger partial charge in [-0.15, -0.1) is 0 Å². The Morgan fingerprint density at radius 2 is 1.62 bits per heavy atom. The second-order valence-electron chi connectivity index (χ2n) is 7.84. The summed E-state index contributed by atoms with van der Waals surface area (Å²) in [6.45, 7) is 5.54. The number of anilines is 3. The van der Waals surface area contributed by atoms with E-state index in [1.54, 1.807) is 6.07 Å². The van der Waals surface area contributed by atoms with Crippen LogP contribution in [0.1, 0.15) is 0 Å². The number of halogens is 1. The molecule has 2 fully saturated rings. The van der Waals surface area contributed by atoms with Gasteiger partial charge in [0.05, 0.1) is 23.7 Å². The molecule has 10 heteroatoms. The quantitative estimate of drug-likeness (QED) is 0.337. The molecule has 166 valence electrons. The first-order valence-electron chi connectivity index (χ1n) is 10.6. The van der Waals surface area contributed by atoms with Crippen molar-refractivity contribution in [2.24, 2.45) is 0 Å². The lowest BCUT2D eigenvalue weighted by molar-refractivity contribution is -0.384. The van der Waals surface area contributed by atoms with E-state index in [0.717, 1.165) is 48.6 Å². The molecule has 0 atom stereocenters. The average molecular weight is 455 g/mol. The van der Waals surface area contributed by atoms with E-state index in [-0.39, 0.29) is 15.9 Å². The summed E-state index contributed by atoms with van der Waals surface area (Å²) in [7, 11) is 0.